The molecule has 1 atom stereocenters. The highest BCUT2D eigenvalue weighted by Gasteiger charge is 2.48. The number of imide groups is 1. The van der Waals surface area contributed by atoms with E-state index < -0.39 is 0 Å². The van der Waals surface area contributed by atoms with Crippen molar-refractivity contribution in [2.75, 3.05) is 13.1 Å². The Morgan fingerprint density at radius 3 is 2.77 bits per heavy atom. The van der Waals surface area contributed by atoms with Crippen LogP contribution in [0.15, 0.2) is 11.5 Å². The summed E-state index contributed by atoms with van der Waals surface area (Å²) in [6.45, 7) is 3.42. The van der Waals surface area contributed by atoms with E-state index in [1.807, 2.05) is 16.1 Å². The van der Waals surface area contributed by atoms with E-state index in [1.165, 1.54) is 48.8 Å². The molecule has 0 spiro atoms. The van der Waals surface area contributed by atoms with Crippen molar-refractivity contribution in [3.8, 4) is 0 Å². The number of unbranched alkanes of at least 4 members (excludes halogenated alkanes) is 1. The molecule has 0 aromatic rings. The summed E-state index contributed by atoms with van der Waals surface area (Å²) in [6, 6.07) is -0.0950. The molecule has 3 amide bonds. The van der Waals surface area contributed by atoms with Crippen LogP contribution in [0.25, 0.3) is 0 Å². The number of carbonyl (C=O) groups excluding carboxylic acids is 2. The summed E-state index contributed by atoms with van der Waals surface area (Å²) >= 11 is 1.54. The van der Waals surface area contributed by atoms with Gasteiger partial charge in [-0.3, -0.25) is 0 Å². The van der Waals surface area contributed by atoms with E-state index in [0.717, 1.165) is 25.1 Å². The third-order valence-electron chi connectivity index (χ3n) is 4.89. The number of hydrogen-bond donors (Lipinski definition) is 0. The Hall–Kier alpha value is -1.10. The maximum Gasteiger partial charge on any atom is 0.500 e. The van der Waals surface area contributed by atoms with Crippen LogP contribution in [0.5, 0.6) is 0 Å². The molecule has 1 saturated carbocycles. The van der Waals surface area contributed by atoms with Gasteiger partial charge in [0.15, 0.2) is 5.25 Å². The number of urea groups is 1. The lowest BCUT2D eigenvalue weighted by atomic mass is 9.89. The highest BCUT2D eigenvalue weighted by atomic mass is 32.2. The van der Waals surface area contributed by atoms with Crippen LogP contribution in [0.4, 0.5) is 4.79 Å². The van der Waals surface area contributed by atoms with Crippen molar-refractivity contribution in [2.45, 2.75) is 57.1 Å². The summed E-state index contributed by atoms with van der Waals surface area (Å²) in [7, 11) is 0. The Kier molecular flexibility index (Phi) is 5.01. The van der Waals surface area contributed by atoms with Crippen molar-refractivity contribution in [3.63, 3.8) is 0 Å². The molecule has 3 rings (SSSR count). The predicted molar refractivity (Wildman–Crippen MR) is 89.2 cm³/mol. The monoisotopic (exact) mass is 321 g/mol. The van der Waals surface area contributed by atoms with Crippen LogP contribution >= 0.6 is 11.8 Å². The first-order chi connectivity index (χ1) is 10.7. The van der Waals surface area contributed by atoms with Gasteiger partial charge in [0.1, 0.15) is 5.71 Å². The molecule has 120 valence electrons. The molecule has 1 aliphatic carbocycles. The van der Waals surface area contributed by atoms with E-state index in [-0.39, 0.29) is 17.2 Å². The van der Waals surface area contributed by atoms with Crippen LogP contribution in [-0.2, 0) is 4.79 Å². The van der Waals surface area contributed by atoms with E-state index >= 15 is 0 Å². The highest BCUT2D eigenvalue weighted by molar-refractivity contribution is 8.04. The van der Waals surface area contributed by atoms with Gasteiger partial charge in [-0.2, -0.15) is 14.3 Å². The van der Waals surface area contributed by atoms with Crippen LogP contribution in [0.2, 0.25) is 0 Å². The van der Waals surface area contributed by atoms with Crippen LogP contribution < -0.4 is 0 Å². The Balaban J connectivity index is 1.83. The first kappa shape index (κ1) is 15.8. The minimum atomic E-state index is -0.196. The molecule has 0 bridgehead atoms. The molecule has 3 aliphatic rings. The van der Waals surface area contributed by atoms with Crippen LogP contribution in [0.3, 0.4) is 0 Å². The lowest BCUT2D eigenvalue weighted by molar-refractivity contribution is -0.447. The van der Waals surface area contributed by atoms with Gasteiger partial charge >= 0.3 is 11.9 Å². The minimum Gasteiger partial charge on any atom is -0.245 e. The first-order valence-electron chi connectivity index (χ1n) is 8.54. The molecule has 0 aromatic carbocycles. The van der Waals surface area contributed by atoms with Gasteiger partial charge in [0, 0.05) is 0 Å². The van der Waals surface area contributed by atoms with E-state index in [4.69, 9.17) is 0 Å². The number of allylic oxidation sites excluding steroid dienone is 1. The van der Waals surface area contributed by atoms with Crippen LogP contribution in [0, 0.1) is 5.92 Å². The standard InChI is InChI=1S/C17H25N2O2S/c1-2-3-10-18-16(20)15-14(9-11-22-15)19(17(18)21)12-13-7-5-4-6-8-13/h9,11,13,15H,2-8,10,12H2,1H3/q+1. The summed E-state index contributed by atoms with van der Waals surface area (Å²) in [5.41, 5.74) is 0.915. The fraction of sp³-hybridized carbons (Fsp3) is 0.706. The lowest BCUT2D eigenvalue weighted by Gasteiger charge is -2.27. The minimum absolute atomic E-state index is 0.0247. The van der Waals surface area contributed by atoms with E-state index in [9.17, 15) is 9.59 Å². The maximum absolute atomic E-state index is 12.8. The van der Waals surface area contributed by atoms with Gasteiger partial charge < -0.3 is 0 Å². The molecule has 0 saturated heterocycles. The Labute approximate surface area is 136 Å². The molecule has 5 heteroatoms. The second-order valence-electron chi connectivity index (χ2n) is 6.48. The highest BCUT2D eigenvalue weighted by Crippen LogP contribution is 2.30. The third-order valence-corrected chi connectivity index (χ3v) is 5.90. The van der Waals surface area contributed by atoms with Crippen molar-refractivity contribution in [1.82, 2.24) is 4.90 Å². The average Bonchev–Trinajstić information content (AvgIpc) is 3.02. The Morgan fingerprint density at radius 1 is 1.27 bits per heavy atom. The summed E-state index contributed by atoms with van der Waals surface area (Å²) in [5.74, 6) is 0.564. The largest absolute Gasteiger partial charge is 0.500 e. The summed E-state index contributed by atoms with van der Waals surface area (Å²) < 4.78 is 1.90. The van der Waals surface area contributed by atoms with Crippen molar-refractivity contribution in [2.24, 2.45) is 5.92 Å². The molecule has 2 aliphatic heterocycles. The van der Waals surface area contributed by atoms with Crippen molar-refractivity contribution in [1.29, 1.82) is 0 Å². The molecule has 0 radical (unpaired) electrons. The number of nitrogens with zero attached hydrogens (tertiary/aromatic N) is 2. The van der Waals surface area contributed by atoms with Gasteiger partial charge in [0.25, 0.3) is 0 Å². The molecule has 0 N–H and O–H groups in total. The maximum atomic E-state index is 12.8. The number of carbonyl (C=O) groups is 2. The zero-order valence-electron chi connectivity index (χ0n) is 13.3. The second kappa shape index (κ2) is 6.99. The Bertz CT molecular complexity index is 521. The number of fused-ring (bicyclic) bond motifs is 1. The van der Waals surface area contributed by atoms with Gasteiger partial charge in [0.05, 0.1) is 13.1 Å². The topological polar surface area (TPSA) is 40.4 Å². The predicted octanol–water partition coefficient (Wildman–Crippen LogP) is 3.41. The van der Waals surface area contributed by atoms with E-state index in [2.05, 4.69) is 6.92 Å². The summed E-state index contributed by atoms with van der Waals surface area (Å²) in [6.07, 6.45) is 10.1. The van der Waals surface area contributed by atoms with Gasteiger partial charge in [0.2, 0.25) is 0 Å². The third kappa shape index (κ3) is 3.00. The molecule has 22 heavy (non-hydrogen) atoms. The quantitative estimate of drug-likeness (QED) is 0.729. The molecule has 0 aromatic heterocycles. The fourth-order valence-electron chi connectivity index (χ4n) is 3.59. The SMILES string of the molecule is CCCCN1C(=O)C2SC=CC2=[N+](CC2CCCCC2)C1=O. The van der Waals surface area contributed by atoms with Crippen molar-refractivity contribution in [3.05, 3.63) is 11.5 Å². The van der Waals surface area contributed by atoms with Gasteiger partial charge in [-0.1, -0.05) is 32.6 Å². The number of amides is 3. The smallest absolute Gasteiger partial charge is 0.245 e. The van der Waals surface area contributed by atoms with Gasteiger partial charge in [-0.15, -0.1) is 11.8 Å². The lowest BCUT2D eigenvalue weighted by Crippen LogP contribution is -2.56. The van der Waals surface area contributed by atoms with Crippen molar-refractivity contribution < 1.29 is 14.2 Å². The molecule has 1 unspecified atom stereocenters. The second-order valence-corrected chi connectivity index (χ2v) is 7.50. The molecular weight excluding hydrogens is 296 g/mol. The van der Waals surface area contributed by atoms with Crippen LogP contribution in [0.1, 0.15) is 51.9 Å². The normalized spacial score (nSPS) is 26.0. The van der Waals surface area contributed by atoms with Gasteiger partial charge in [-0.05, 0) is 36.7 Å². The molecule has 4 nitrogen and oxygen atoms in total. The zero-order valence-corrected chi connectivity index (χ0v) is 14.1. The molecule has 2 heterocycles. The number of thioether (sulfide) groups is 1. The fourth-order valence-corrected chi connectivity index (χ4v) is 4.55. The number of hydrogen-bond acceptors (Lipinski definition) is 3. The first-order valence-corrected chi connectivity index (χ1v) is 9.48. The van der Waals surface area contributed by atoms with E-state index in [0.29, 0.717) is 12.5 Å². The average molecular weight is 321 g/mol. The number of rotatable bonds is 5. The molecule has 1 fully saturated rings. The van der Waals surface area contributed by atoms with E-state index in [1.54, 1.807) is 0 Å². The molecular formula is C17H25N2O2S+. The summed E-state index contributed by atoms with van der Waals surface area (Å²) in [5, 5.41) is 1.76. The zero-order chi connectivity index (χ0) is 15.5. The van der Waals surface area contributed by atoms with Gasteiger partial charge in [-0.25, -0.2) is 4.79 Å². The van der Waals surface area contributed by atoms with Crippen LogP contribution in [-0.4, -0.2) is 45.5 Å². The van der Waals surface area contributed by atoms with Crippen molar-refractivity contribution >= 4 is 29.4 Å². The summed E-state index contributed by atoms with van der Waals surface area (Å²) in [4.78, 5) is 26.9. The Morgan fingerprint density at radius 2 is 2.05 bits per heavy atom.